The van der Waals surface area contributed by atoms with E-state index < -0.39 is 23.9 Å². The summed E-state index contributed by atoms with van der Waals surface area (Å²) in [4.78, 5) is 22.1. The molecule has 0 spiro atoms. The first-order valence-electron chi connectivity index (χ1n) is 8.65. The number of hydrogen-bond donors (Lipinski definition) is 1. The lowest BCUT2D eigenvalue weighted by Crippen LogP contribution is -2.10. The molecule has 1 atom stereocenters. The van der Waals surface area contributed by atoms with Gasteiger partial charge in [0.15, 0.2) is 0 Å². The van der Waals surface area contributed by atoms with Crippen molar-refractivity contribution in [1.82, 2.24) is 0 Å². The summed E-state index contributed by atoms with van der Waals surface area (Å²) in [6, 6.07) is 0. The van der Waals surface area contributed by atoms with Crippen LogP contribution in [0.1, 0.15) is 59.3 Å². The summed E-state index contributed by atoms with van der Waals surface area (Å²) in [5, 5.41) is 9.39. The highest BCUT2D eigenvalue weighted by molar-refractivity contribution is 5.89. The van der Waals surface area contributed by atoms with Crippen LogP contribution in [0, 0.1) is 0 Å². The normalized spacial score (nSPS) is 18.6. The van der Waals surface area contributed by atoms with Crippen LogP contribution in [0.3, 0.4) is 0 Å². The average Bonchev–Trinajstić information content (AvgIpc) is 2.81. The number of cyclic esters (lactones) is 1. The Morgan fingerprint density at radius 3 is 2.35 bits per heavy atom. The van der Waals surface area contributed by atoms with Crippen LogP contribution in [-0.4, -0.2) is 23.7 Å². The molecule has 0 aromatic carbocycles. The van der Waals surface area contributed by atoms with Crippen LogP contribution in [0.2, 0.25) is 0 Å². The number of esters is 1. The zero-order valence-electron chi connectivity index (χ0n) is 15.5. The monoisotopic (exact) mass is 368 g/mol. The molecule has 0 fully saturated rings. The van der Waals surface area contributed by atoms with E-state index in [-0.39, 0.29) is 30.4 Å². The van der Waals surface area contributed by atoms with Crippen molar-refractivity contribution in [2.75, 3.05) is 0 Å². The van der Waals surface area contributed by atoms with E-state index in [9.17, 15) is 23.5 Å². The Kier molecular flexibility index (Phi) is 9.13. The molecule has 26 heavy (non-hydrogen) atoms. The number of allylic oxidation sites excluding steroid dienone is 6. The Bertz CT molecular complexity index is 653. The van der Waals surface area contributed by atoms with E-state index in [0.29, 0.717) is 12.7 Å². The fourth-order valence-corrected chi connectivity index (χ4v) is 2.53. The highest BCUT2D eigenvalue weighted by atomic mass is 19.1. The van der Waals surface area contributed by atoms with E-state index in [4.69, 9.17) is 0 Å². The second-order valence-corrected chi connectivity index (χ2v) is 6.55. The van der Waals surface area contributed by atoms with E-state index in [0.717, 1.165) is 12.8 Å². The summed E-state index contributed by atoms with van der Waals surface area (Å²) >= 11 is 0. The maximum absolute atomic E-state index is 14.2. The number of carbonyl (C=O) groups excluding carboxylic acids is 2. The van der Waals surface area contributed by atoms with E-state index in [1.165, 1.54) is 11.1 Å². The van der Waals surface area contributed by atoms with Crippen molar-refractivity contribution in [3.05, 3.63) is 46.1 Å². The highest BCUT2D eigenvalue weighted by Crippen LogP contribution is 2.28. The molecule has 1 aliphatic heterocycles. The summed E-state index contributed by atoms with van der Waals surface area (Å²) < 4.78 is 31.9. The summed E-state index contributed by atoms with van der Waals surface area (Å²) in [5.74, 6) is -3.10. The van der Waals surface area contributed by atoms with E-state index in [1.807, 2.05) is 26.8 Å². The van der Waals surface area contributed by atoms with Crippen LogP contribution in [0.25, 0.3) is 0 Å². The summed E-state index contributed by atoms with van der Waals surface area (Å²) in [5.41, 5.74) is 2.16. The predicted octanol–water partition coefficient (Wildman–Crippen LogP) is 4.76. The van der Waals surface area contributed by atoms with Crippen LogP contribution < -0.4 is 0 Å². The van der Waals surface area contributed by atoms with Gasteiger partial charge in [0.2, 0.25) is 12.1 Å². The van der Waals surface area contributed by atoms with Crippen LogP contribution >= 0.6 is 0 Å². The van der Waals surface area contributed by atoms with Crippen molar-refractivity contribution < 1.29 is 28.2 Å². The minimum Gasteiger partial charge on any atom is -0.426 e. The van der Waals surface area contributed by atoms with Gasteiger partial charge in [0.05, 0.1) is 0 Å². The van der Waals surface area contributed by atoms with Gasteiger partial charge in [0.1, 0.15) is 12.1 Å². The number of halogens is 2. The van der Waals surface area contributed by atoms with Crippen molar-refractivity contribution in [2.45, 2.75) is 65.6 Å². The minimum atomic E-state index is -1.68. The lowest BCUT2D eigenvalue weighted by atomic mass is 10.0. The lowest BCUT2D eigenvalue weighted by Gasteiger charge is -2.07. The van der Waals surface area contributed by atoms with Gasteiger partial charge in [-0.3, -0.25) is 4.79 Å². The number of aliphatic hydroxyl groups excluding tert-OH is 1. The van der Waals surface area contributed by atoms with Crippen molar-refractivity contribution >= 4 is 12.3 Å². The van der Waals surface area contributed by atoms with Crippen LogP contribution in [0.5, 0.6) is 0 Å². The Hall–Kier alpha value is -2.08. The third-order valence-electron chi connectivity index (χ3n) is 4.08. The standard InChI is InChI=1S/C20H26F2O4/c1-13(2)6-4-7-14(3)8-5-9-15(12-23)17(21)11-10-16-18(22)20(25)26-19(16)24/h6,8,12,19,24H,4-5,7,9-11H2,1-3H3/b14-8+,17-15+. The van der Waals surface area contributed by atoms with Crippen molar-refractivity contribution in [3.8, 4) is 0 Å². The predicted molar refractivity (Wildman–Crippen MR) is 95.3 cm³/mol. The first-order valence-corrected chi connectivity index (χ1v) is 8.65. The Balaban J connectivity index is 2.56. The minimum absolute atomic E-state index is 0.0130. The van der Waals surface area contributed by atoms with Gasteiger partial charge in [-0.05, 0) is 52.9 Å². The van der Waals surface area contributed by atoms with Crippen LogP contribution in [-0.2, 0) is 14.3 Å². The fraction of sp³-hybridized carbons (Fsp3) is 0.500. The van der Waals surface area contributed by atoms with Crippen LogP contribution in [0.15, 0.2) is 46.1 Å². The molecule has 1 aliphatic rings. The summed E-state index contributed by atoms with van der Waals surface area (Å²) in [6.45, 7) is 6.07. The van der Waals surface area contributed by atoms with Gasteiger partial charge in [-0.15, -0.1) is 0 Å². The Morgan fingerprint density at radius 1 is 1.15 bits per heavy atom. The topological polar surface area (TPSA) is 63.6 Å². The number of aldehydes is 1. The maximum Gasteiger partial charge on any atom is 0.369 e. The summed E-state index contributed by atoms with van der Waals surface area (Å²) in [6.07, 6.45) is 5.04. The molecule has 1 N–H and O–H groups in total. The first kappa shape index (κ1) is 22.0. The van der Waals surface area contributed by atoms with Crippen LogP contribution in [0.4, 0.5) is 8.78 Å². The fourth-order valence-electron chi connectivity index (χ4n) is 2.53. The molecule has 0 aromatic heterocycles. The first-order chi connectivity index (χ1) is 12.3. The Morgan fingerprint density at radius 2 is 1.81 bits per heavy atom. The summed E-state index contributed by atoms with van der Waals surface area (Å²) in [7, 11) is 0. The molecule has 0 aromatic rings. The molecule has 0 aliphatic carbocycles. The molecule has 1 heterocycles. The highest BCUT2D eigenvalue weighted by Gasteiger charge is 2.33. The molecule has 144 valence electrons. The molecule has 1 rings (SSSR count). The smallest absolute Gasteiger partial charge is 0.369 e. The second kappa shape index (κ2) is 10.8. The number of carbonyl (C=O) groups is 2. The lowest BCUT2D eigenvalue weighted by molar-refractivity contribution is -0.153. The van der Waals surface area contributed by atoms with Crippen molar-refractivity contribution in [2.24, 2.45) is 0 Å². The molecule has 4 nitrogen and oxygen atoms in total. The molecule has 0 radical (unpaired) electrons. The average molecular weight is 368 g/mol. The number of ether oxygens (including phenoxy) is 1. The zero-order chi connectivity index (χ0) is 19.7. The van der Waals surface area contributed by atoms with Gasteiger partial charge in [0, 0.05) is 17.6 Å². The number of aliphatic hydroxyl groups is 1. The Labute approximate surface area is 152 Å². The molecular formula is C20H26F2O4. The maximum atomic E-state index is 14.2. The third-order valence-corrected chi connectivity index (χ3v) is 4.08. The van der Waals surface area contributed by atoms with E-state index in [2.05, 4.69) is 10.8 Å². The third kappa shape index (κ3) is 7.04. The molecule has 0 bridgehead atoms. The number of rotatable bonds is 10. The molecular weight excluding hydrogens is 342 g/mol. The van der Waals surface area contributed by atoms with Gasteiger partial charge in [-0.1, -0.05) is 23.3 Å². The SMILES string of the molecule is CC(C)=CCC/C(C)=C/CC/C(C=O)=C(\F)CCC1=C(F)C(=O)OC1O. The molecule has 0 saturated heterocycles. The van der Waals surface area contributed by atoms with Gasteiger partial charge in [-0.2, -0.15) is 4.39 Å². The van der Waals surface area contributed by atoms with Gasteiger partial charge in [0.25, 0.3) is 0 Å². The van der Waals surface area contributed by atoms with E-state index >= 15 is 0 Å². The van der Waals surface area contributed by atoms with Crippen molar-refractivity contribution in [1.29, 1.82) is 0 Å². The quantitative estimate of drug-likeness (QED) is 0.261. The molecule has 0 saturated carbocycles. The van der Waals surface area contributed by atoms with Gasteiger partial charge in [-0.25, -0.2) is 9.18 Å². The molecule has 6 heteroatoms. The largest absolute Gasteiger partial charge is 0.426 e. The number of hydrogen-bond acceptors (Lipinski definition) is 4. The zero-order valence-corrected chi connectivity index (χ0v) is 15.5. The van der Waals surface area contributed by atoms with Gasteiger partial charge >= 0.3 is 5.97 Å². The molecule has 1 unspecified atom stereocenters. The second-order valence-electron chi connectivity index (χ2n) is 6.55. The van der Waals surface area contributed by atoms with Crippen molar-refractivity contribution in [3.63, 3.8) is 0 Å². The van der Waals surface area contributed by atoms with Gasteiger partial charge < -0.3 is 9.84 Å². The molecule has 0 amide bonds. The van der Waals surface area contributed by atoms with E-state index in [1.54, 1.807) is 0 Å².